The highest BCUT2D eigenvalue weighted by molar-refractivity contribution is 5.80. The molecule has 0 spiro atoms. The lowest BCUT2D eigenvalue weighted by atomic mass is 9.82. The number of hydrogen-bond acceptors (Lipinski definition) is 4. The van der Waals surface area contributed by atoms with E-state index in [1.807, 2.05) is 6.07 Å². The van der Waals surface area contributed by atoms with Crippen LogP contribution in [0.3, 0.4) is 0 Å². The number of aliphatic imine (C=N–C) groups is 1. The summed E-state index contributed by atoms with van der Waals surface area (Å²) in [7, 11) is 5.68. The van der Waals surface area contributed by atoms with Gasteiger partial charge in [0.15, 0.2) is 5.96 Å². The Labute approximate surface area is 150 Å². The lowest BCUT2D eigenvalue weighted by Crippen LogP contribution is -2.56. The molecule has 6 nitrogen and oxygen atoms in total. The average molecular weight is 346 g/mol. The molecule has 0 saturated carbocycles. The number of ether oxygens (including phenoxy) is 1. The third kappa shape index (κ3) is 4.18. The summed E-state index contributed by atoms with van der Waals surface area (Å²) < 4.78 is 5.23. The minimum atomic E-state index is 0.262. The molecule has 1 aromatic carbocycles. The van der Waals surface area contributed by atoms with E-state index < -0.39 is 0 Å². The van der Waals surface area contributed by atoms with Crippen molar-refractivity contribution in [1.82, 2.24) is 15.5 Å². The van der Waals surface area contributed by atoms with E-state index in [-0.39, 0.29) is 5.75 Å². The molecule has 2 aliphatic rings. The number of nitrogens with zero attached hydrogens (tertiary/aromatic N) is 2. The van der Waals surface area contributed by atoms with Gasteiger partial charge in [-0.15, -0.1) is 0 Å². The van der Waals surface area contributed by atoms with Crippen LogP contribution in [0.25, 0.3) is 0 Å². The molecule has 2 unspecified atom stereocenters. The van der Waals surface area contributed by atoms with Crippen molar-refractivity contribution in [3.05, 3.63) is 23.8 Å². The Hall–Kier alpha value is -1.95. The first-order chi connectivity index (χ1) is 12.1. The summed E-state index contributed by atoms with van der Waals surface area (Å²) in [5, 5.41) is 16.9. The van der Waals surface area contributed by atoms with Crippen LogP contribution in [0.5, 0.6) is 11.5 Å². The maximum absolute atomic E-state index is 10.0. The lowest BCUT2D eigenvalue weighted by molar-refractivity contribution is 0.0526. The van der Waals surface area contributed by atoms with E-state index in [2.05, 4.69) is 27.6 Å². The predicted molar refractivity (Wildman–Crippen MR) is 100 cm³/mol. The molecule has 2 saturated heterocycles. The number of phenolic OH excluding ortho intramolecular Hbond substituents is 1. The van der Waals surface area contributed by atoms with Gasteiger partial charge in [0, 0.05) is 37.3 Å². The normalized spacial score (nSPS) is 27.0. The molecule has 2 heterocycles. The quantitative estimate of drug-likeness (QED) is 0.575. The highest BCUT2D eigenvalue weighted by Crippen LogP contribution is 2.32. The second kappa shape index (κ2) is 7.95. The third-order valence-electron chi connectivity index (χ3n) is 5.64. The standard InChI is InChI=1S/C19H30N4O2/c1-20-19(21-12-13-9-17(25-3)7-8-18(13)24)22-14-10-15-5-4-6-16(11-14)23(15)2/h7-9,14-16,24H,4-6,10-12H2,1-3H3,(H2,20,21,22). The Morgan fingerprint density at radius 1 is 1.32 bits per heavy atom. The van der Waals surface area contributed by atoms with Gasteiger partial charge in [-0.25, -0.2) is 0 Å². The van der Waals surface area contributed by atoms with Crippen molar-refractivity contribution in [3.63, 3.8) is 0 Å². The first-order valence-electron chi connectivity index (χ1n) is 9.15. The number of rotatable bonds is 4. The summed E-state index contributed by atoms with van der Waals surface area (Å²) in [6, 6.07) is 7.08. The fourth-order valence-corrected chi connectivity index (χ4v) is 4.13. The zero-order chi connectivity index (χ0) is 17.8. The van der Waals surface area contributed by atoms with E-state index in [9.17, 15) is 5.11 Å². The summed E-state index contributed by atoms with van der Waals surface area (Å²) in [6.45, 7) is 0.502. The van der Waals surface area contributed by atoms with Gasteiger partial charge in [-0.3, -0.25) is 4.99 Å². The minimum absolute atomic E-state index is 0.262. The van der Waals surface area contributed by atoms with Crippen LogP contribution in [0.1, 0.15) is 37.7 Å². The van der Waals surface area contributed by atoms with Crippen molar-refractivity contribution in [3.8, 4) is 11.5 Å². The number of aromatic hydroxyl groups is 1. The Morgan fingerprint density at radius 2 is 2.04 bits per heavy atom. The van der Waals surface area contributed by atoms with E-state index in [4.69, 9.17) is 4.74 Å². The SMILES string of the molecule is CN=C(NCc1cc(OC)ccc1O)NC1CC2CCCC(C1)N2C. The number of hydrogen-bond donors (Lipinski definition) is 3. The molecule has 3 N–H and O–H groups in total. The molecule has 25 heavy (non-hydrogen) atoms. The number of methoxy groups -OCH3 is 1. The van der Waals surface area contributed by atoms with Gasteiger partial charge in [0.25, 0.3) is 0 Å². The van der Waals surface area contributed by atoms with Crippen LogP contribution in [0.15, 0.2) is 23.2 Å². The predicted octanol–water partition coefficient (Wildman–Crippen LogP) is 2.08. The first kappa shape index (κ1) is 17.9. The maximum atomic E-state index is 10.0. The smallest absolute Gasteiger partial charge is 0.191 e. The van der Waals surface area contributed by atoms with Crippen LogP contribution in [0.2, 0.25) is 0 Å². The molecular formula is C19H30N4O2. The molecule has 3 rings (SSSR count). The monoisotopic (exact) mass is 346 g/mol. The van der Waals surface area contributed by atoms with E-state index >= 15 is 0 Å². The molecule has 0 aliphatic carbocycles. The van der Waals surface area contributed by atoms with Crippen molar-refractivity contribution in [2.45, 2.75) is 56.8 Å². The fraction of sp³-hybridized carbons (Fsp3) is 0.632. The number of guanidine groups is 1. The molecule has 2 fully saturated rings. The molecule has 2 bridgehead atoms. The van der Waals surface area contributed by atoms with Crippen LogP contribution < -0.4 is 15.4 Å². The molecule has 0 radical (unpaired) electrons. The van der Waals surface area contributed by atoms with Gasteiger partial charge < -0.3 is 25.4 Å². The van der Waals surface area contributed by atoms with Crippen molar-refractivity contribution < 1.29 is 9.84 Å². The van der Waals surface area contributed by atoms with Gasteiger partial charge in [-0.1, -0.05) is 6.42 Å². The van der Waals surface area contributed by atoms with E-state index in [1.165, 1.54) is 19.3 Å². The number of fused-ring (bicyclic) bond motifs is 2. The molecule has 0 amide bonds. The van der Waals surface area contributed by atoms with Gasteiger partial charge in [-0.2, -0.15) is 0 Å². The largest absolute Gasteiger partial charge is 0.508 e. The summed E-state index contributed by atoms with van der Waals surface area (Å²) in [4.78, 5) is 6.91. The van der Waals surface area contributed by atoms with E-state index in [1.54, 1.807) is 26.3 Å². The Balaban J connectivity index is 1.57. The van der Waals surface area contributed by atoms with Gasteiger partial charge >= 0.3 is 0 Å². The number of piperidine rings is 2. The maximum Gasteiger partial charge on any atom is 0.191 e. The summed E-state index contributed by atoms with van der Waals surface area (Å²) in [5.74, 6) is 1.79. The average Bonchev–Trinajstić information content (AvgIpc) is 2.60. The summed E-state index contributed by atoms with van der Waals surface area (Å²) in [6.07, 6.45) is 6.29. The molecule has 2 aliphatic heterocycles. The van der Waals surface area contributed by atoms with Crippen LogP contribution >= 0.6 is 0 Å². The second-order valence-corrected chi connectivity index (χ2v) is 7.14. The Bertz CT molecular complexity index is 605. The molecule has 138 valence electrons. The van der Waals surface area contributed by atoms with Gasteiger partial charge in [0.05, 0.1) is 7.11 Å². The van der Waals surface area contributed by atoms with Crippen LogP contribution in [0, 0.1) is 0 Å². The first-order valence-corrected chi connectivity index (χ1v) is 9.15. The highest BCUT2D eigenvalue weighted by atomic mass is 16.5. The molecule has 6 heteroatoms. The number of nitrogens with one attached hydrogen (secondary N) is 2. The fourth-order valence-electron chi connectivity index (χ4n) is 4.13. The van der Waals surface area contributed by atoms with Crippen molar-refractivity contribution in [2.75, 3.05) is 21.2 Å². The number of phenols is 1. The van der Waals surface area contributed by atoms with Crippen molar-refractivity contribution in [2.24, 2.45) is 4.99 Å². The third-order valence-corrected chi connectivity index (χ3v) is 5.64. The minimum Gasteiger partial charge on any atom is -0.508 e. The van der Waals surface area contributed by atoms with Crippen molar-refractivity contribution >= 4 is 5.96 Å². The van der Waals surface area contributed by atoms with E-state index in [0.29, 0.717) is 24.7 Å². The van der Waals surface area contributed by atoms with Gasteiger partial charge in [-0.05, 0) is 50.9 Å². The molecular weight excluding hydrogens is 316 g/mol. The molecule has 1 aromatic rings. The molecule has 0 aromatic heterocycles. The number of benzene rings is 1. The van der Waals surface area contributed by atoms with Crippen LogP contribution in [-0.2, 0) is 6.54 Å². The van der Waals surface area contributed by atoms with Crippen molar-refractivity contribution in [1.29, 1.82) is 0 Å². The van der Waals surface area contributed by atoms with Gasteiger partial charge in [0.1, 0.15) is 11.5 Å². The summed E-state index contributed by atoms with van der Waals surface area (Å²) in [5.41, 5.74) is 0.794. The van der Waals surface area contributed by atoms with Crippen LogP contribution in [0.4, 0.5) is 0 Å². The van der Waals surface area contributed by atoms with Gasteiger partial charge in [0.2, 0.25) is 0 Å². The Morgan fingerprint density at radius 3 is 2.68 bits per heavy atom. The highest BCUT2D eigenvalue weighted by Gasteiger charge is 2.36. The topological polar surface area (TPSA) is 69.1 Å². The lowest BCUT2D eigenvalue weighted by Gasteiger charge is -2.47. The van der Waals surface area contributed by atoms with Crippen LogP contribution in [-0.4, -0.2) is 55.3 Å². The van der Waals surface area contributed by atoms with E-state index in [0.717, 1.165) is 30.1 Å². The zero-order valence-corrected chi connectivity index (χ0v) is 15.5. The molecule has 2 atom stereocenters. The Kier molecular flexibility index (Phi) is 5.68. The summed E-state index contributed by atoms with van der Waals surface area (Å²) >= 11 is 0. The second-order valence-electron chi connectivity index (χ2n) is 7.14. The zero-order valence-electron chi connectivity index (χ0n) is 15.5.